The molecule has 3 aromatic rings. The van der Waals surface area contributed by atoms with E-state index in [1.807, 2.05) is 0 Å². The van der Waals surface area contributed by atoms with Gasteiger partial charge in [0.25, 0.3) is 19.7 Å². The molecule has 0 saturated heterocycles. The van der Waals surface area contributed by atoms with Gasteiger partial charge >= 0.3 is 11.0 Å². The molecule has 224 valence electrons. The number of alkyl halides is 6. The molecule has 0 spiro atoms. The molecule has 0 aliphatic carbocycles. The first-order chi connectivity index (χ1) is 18.5. The van der Waals surface area contributed by atoms with Crippen LogP contribution in [-0.4, -0.2) is 27.9 Å². The van der Waals surface area contributed by atoms with Crippen molar-refractivity contribution in [3.8, 4) is 22.3 Å². The molecule has 0 bridgehead atoms. The van der Waals surface area contributed by atoms with Gasteiger partial charge in [-0.2, -0.15) is 26.3 Å². The first kappa shape index (κ1) is 32.1. The Morgan fingerprint density at radius 3 is 1.07 bits per heavy atom. The molecule has 0 saturated carbocycles. The van der Waals surface area contributed by atoms with E-state index in [9.17, 15) is 78.3 Å². The summed E-state index contributed by atoms with van der Waals surface area (Å²) in [5.41, 5.74) is -25.2. The predicted molar refractivity (Wildman–Crippen MR) is 110 cm³/mol. The highest BCUT2D eigenvalue weighted by Crippen LogP contribution is 2.49. The van der Waals surface area contributed by atoms with E-state index in [0.29, 0.717) is 0 Å². The van der Waals surface area contributed by atoms with E-state index in [4.69, 9.17) is 0 Å². The Balaban J connectivity index is 2.51. The van der Waals surface area contributed by atoms with Crippen LogP contribution >= 0.6 is 0 Å². The number of hydrogen-bond donors (Lipinski definition) is 0. The summed E-state index contributed by atoms with van der Waals surface area (Å²) in [4.78, 5) is 0. The third-order valence-electron chi connectivity index (χ3n) is 5.32. The Kier molecular flexibility index (Phi) is 7.94. The lowest BCUT2D eigenvalue weighted by Crippen LogP contribution is -2.40. The van der Waals surface area contributed by atoms with Crippen molar-refractivity contribution >= 4 is 19.7 Å². The number of rotatable bonds is 5. The highest BCUT2D eigenvalue weighted by molar-refractivity contribution is 8.09. The summed E-state index contributed by atoms with van der Waals surface area (Å²) in [6, 6.07) is 5.21. The highest BCUT2D eigenvalue weighted by Gasteiger charge is 2.65. The van der Waals surface area contributed by atoms with Gasteiger partial charge in [0, 0.05) is 0 Å². The summed E-state index contributed by atoms with van der Waals surface area (Å²) in [5, 5.41) is 0. The average Bonchev–Trinajstić information content (AvgIpc) is 2.85. The zero-order valence-corrected chi connectivity index (χ0v) is 20.3. The fourth-order valence-corrected chi connectivity index (χ4v) is 7.01. The minimum atomic E-state index is -7.94. The molecular formula is C21H6F14O4S2. The number of sulfone groups is 2. The Bertz CT molecular complexity index is 1660. The first-order valence-corrected chi connectivity index (χ1v) is 13.0. The van der Waals surface area contributed by atoms with Gasteiger partial charge in [-0.25, -0.2) is 52.0 Å². The van der Waals surface area contributed by atoms with E-state index in [1.54, 1.807) is 0 Å². The van der Waals surface area contributed by atoms with Crippen molar-refractivity contribution in [2.45, 2.75) is 15.6 Å². The summed E-state index contributed by atoms with van der Waals surface area (Å²) >= 11 is 0. The van der Waals surface area contributed by atoms with Crippen molar-refractivity contribution in [2.75, 3.05) is 0 Å². The lowest BCUT2D eigenvalue weighted by atomic mass is 9.95. The molecule has 0 aliphatic rings. The third kappa shape index (κ3) is 4.89. The van der Waals surface area contributed by atoms with Crippen molar-refractivity contribution in [3.63, 3.8) is 0 Å². The molecule has 3 rings (SSSR count). The maximum absolute atomic E-state index is 14.9. The topological polar surface area (TPSA) is 68.3 Å². The zero-order chi connectivity index (χ0) is 31.6. The van der Waals surface area contributed by atoms with Crippen LogP contribution in [0.4, 0.5) is 61.5 Å². The maximum Gasteiger partial charge on any atom is 0.499 e. The molecule has 41 heavy (non-hydrogen) atoms. The Morgan fingerprint density at radius 2 is 0.756 bits per heavy atom. The van der Waals surface area contributed by atoms with Crippen LogP contribution in [0.15, 0.2) is 30.3 Å². The smallest absolute Gasteiger partial charge is 0.218 e. The van der Waals surface area contributed by atoms with Gasteiger partial charge in [0.2, 0.25) is 4.58 Å². The van der Waals surface area contributed by atoms with Gasteiger partial charge in [-0.05, 0) is 5.56 Å². The average molecular weight is 652 g/mol. The zero-order valence-electron chi connectivity index (χ0n) is 18.7. The van der Waals surface area contributed by atoms with Crippen molar-refractivity contribution < 1.29 is 78.3 Å². The lowest BCUT2D eigenvalue weighted by Gasteiger charge is -2.23. The van der Waals surface area contributed by atoms with Gasteiger partial charge in [0.05, 0.1) is 22.3 Å². The highest BCUT2D eigenvalue weighted by atomic mass is 32.3. The molecule has 0 aliphatic heterocycles. The van der Waals surface area contributed by atoms with E-state index in [0.717, 1.165) is 24.3 Å². The Labute approximate surface area is 218 Å². The van der Waals surface area contributed by atoms with E-state index in [1.165, 1.54) is 6.07 Å². The van der Waals surface area contributed by atoms with E-state index < -0.39 is 110 Å². The van der Waals surface area contributed by atoms with Crippen LogP contribution in [0, 0.1) is 46.5 Å². The van der Waals surface area contributed by atoms with Crippen LogP contribution in [0.25, 0.3) is 22.3 Å². The fraction of sp³-hybridized carbons (Fsp3) is 0.143. The van der Waals surface area contributed by atoms with Gasteiger partial charge in [-0.3, -0.25) is 0 Å². The van der Waals surface area contributed by atoms with Crippen LogP contribution in [0.5, 0.6) is 0 Å². The molecular weight excluding hydrogens is 646 g/mol. The van der Waals surface area contributed by atoms with Crippen molar-refractivity contribution in [1.82, 2.24) is 0 Å². The monoisotopic (exact) mass is 652 g/mol. The fourth-order valence-electron chi connectivity index (χ4n) is 3.50. The molecule has 4 nitrogen and oxygen atoms in total. The Morgan fingerprint density at radius 1 is 0.463 bits per heavy atom. The Hall–Kier alpha value is -3.42. The summed E-state index contributed by atoms with van der Waals surface area (Å²) in [6.45, 7) is 0. The molecule has 0 aromatic heterocycles. The van der Waals surface area contributed by atoms with Crippen molar-refractivity contribution in [2.24, 2.45) is 0 Å². The van der Waals surface area contributed by atoms with Crippen LogP contribution in [0.2, 0.25) is 0 Å². The molecule has 0 N–H and O–H groups in total. The predicted octanol–water partition coefficient (Wildman–Crippen LogP) is 7.00. The third-order valence-corrected chi connectivity index (χ3v) is 9.73. The minimum absolute atomic E-state index is 0.599. The normalized spacial score (nSPS) is 13.2. The van der Waals surface area contributed by atoms with E-state index in [2.05, 4.69) is 0 Å². The van der Waals surface area contributed by atoms with Crippen LogP contribution < -0.4 is 0 Å². The molecule has 0 unspecified atom stereocenters. The summed E-state index contributed by atoms with van der Waals surface area (Å²) < 4.78 is 238. The van der Waals surface area contributed by atoms with Crippen LogP contribution in [-0.2, 0) is 19.7 Å². The van der Waals surface area contributed by atoms with Crippen LogP contribution in [0.3, 0.4) is 0 Å². The van der Waals surface area contributed by atoms with Crippen LogP contribution in [0.1, 0.15) is 10.1 Å². The summed E-state index contributed by atoms with van der Waals surface area (Å²) in [6.07, 6.45) is 0. The minimum Gasteiger partial charge on any atom is -0.218 e. The first-order valence-electron chi connectivity index (χ1n) is 9.89. The number of hydrogen-bond acceptors (Lipinski definition) is 4. The van der Waals surface area contributed by atoms with Crippen molar-refractivity contribution in [3.05, 3.63) is 82.4 Å². The second kappa shape index (κ2) is 10.1. The maximum atomic E-state index is 14.9. The van der Waals surface area contributed by atoms with Gasteiger partial charge < -0.3 is 0 Å². The molecule has 0 heterocycles. The summed E-state index contributed by atoms with van der Waals surface area (Å²) in [5.74, 6) is -24.6. The second-order valence-corrected chi connectivity index (χ2v) is 12.1. The van der Waals surface area contributed by atoms with E-state index >= 15 is 0 Å². The van der Waals surface area contributed by atoms with Crippen molar-refractivity contribution in [1.29, 1.82) is 0 Å². The molecule has 20 heteroatoms. The van der Waals surface area contributed by atoms with Gasteiger partial charge in [0.1, 0.15) is 0 Å². The number of benzene rings is 3. The molecule has 0 amide bonds. The summed E-state index contributed by atoms with van der Waals surface area (Å²) in [7, 11) is -15.9. The SMILES string of the molecule is O=S(=O)(C(c1c(F)c(F)c(-c2c(F)c(F)c(-c3ccccc3)c(F)c2F)c(F)c1F)S(=O)(=O)C(F)(F)F)C(F)(F)F. The quantitative estimate of drug-likeness (QED) is 0.220. The molecule has 3 aromatic carbocycles. The lowest BCUT2D eigenvalue weighted by molar-refractivity contribution is -0.0473. The molecule has 0 fully saturated rings. The standard InChI is InChI=1S/C21H6F14O4S2/c22-11-7(6-4-2-1-3-5-6)12(23)14(25)8(13(11)24)9-15(26)17(28)10(18(29)16(9)27)19(40(36,37)20(30,31)32)41(38,39)21(33,34)35/h1-5,19H. The molecule has 0 radical (unpaired) electrons. The van der Waals surface area contributed by atoms with Gasteiger partial charge in [-0.15, -0.1) is 0 Å². The van der Waals surface area contributed by atoms with Gasteiger partial charge in [0.15, 0.2) is 46.5 Å². The largest absolute Gasteiger partial charge is 0.499 e. The van der Waals surface area contributed by atoms with E-state index in [-0.39, 0.29) is 0 Å². The second-order valence-electron chi connectivity index (χ2n) is 7.73. The molecule has 0 atom stereocenters. The van der Waals surface area contributed by atoms with Gasteiger partial charge in [-0.1, -0.05) is 30.3 Å². The number of halogens is 14.